The van der Waals surface area contributed by atoms with E-state index in [2.05, 4.69) is 10.1 Å². The van der Waals surface area contributed by atoms with Gasteiger partial charge in [0.25, 0.3) is 5.91 Å². The SMILES string of the molecule is COC(=O)C=Cc1cccc(NC(=O)c2cc(C)oc2C)c1. The largest absolute Gasteiger partial charge is 0.466 e. The summed E-state index contributed by atoms with van der Waals surface area (Å²) in [5, 5.41) is 2.81. The molecule has 114 valence electrons. The Bertz CT molecular complexity index is 728. The van der Waals surface area contributed by atoms with Gasteiger partial charge in [-0.25, -0.2) is 4.79 Å². The van der Waals surface area contributed by atoms with Gasteiger partial charge in [0.05, 0.1) is 12.7 Å². The minimum Gasteiger partial charge on any atom is -0.466 e. The van der Waals surface area contributed by atoms with Gasteiger partial charge in [0.1, 0.15) is 11.5 Å². The Balaban J connectivity index is 2.13. The van der Waals surface area contributed by atoms with Gasteiger partial charge in [0, 0.05) is 11.8 Å². The van der Waals surface area contributed by atoms with E-state index < -0.39 is 5.97 Å². The number of carbonyl (C=O) groups is 2. The highest BCUT2D eigenvalue weighted by Crippen LogP contribution is 2.17. The van der Waals surface area contributed by atoms with Gasteiger partial charge in [-0.05, 0) is 43.7 Å². The van der Waals surface area contributed by atoms with Crippen LogP contribution < -0.4 is 5.32 Å². The Hall–Kier alpha value is -2.82. The van der Waals surface area contributed by atoms with E-state index >= 15 is 0 Å². The van der Waals surface area contributed by atoms with Gasteiger partial charge in [0.2, 0.25) is 0 Å². The first-order valence-electron chi connectivity index (χ1n) is 6.74. The zero-order valence-electron chi connectivity index (χ0n) is 12.7. The van der Waals surface area contributed by atoms with Gasteiger partial charge < -0.3 is 14.5 Å². The molecule has 0 bridgehead atoms. The molecule has 2 rings (SSSR count). The van der Waals surface area contributed by atoms with Crippen molar-refractivity contribution < 1.29 is 18.7 Å². The predicted molar refractivity (Wildman–Crippen MR) is 83.6 cm³/mol. The molecule has 0 unspecified atom stereocenters. The van der Waals surface area contributed by atoms with E-state index in [1.165, 1.54) is 13.2 Å². The van der Waals surface area contributed by atoms with E-state index in [1.54, 1.807) is 44.2 Å². The monoisotopic (exact) mass is 299 g/mol. The minimum absolute atomic E-state index is 0.233. The molecule has 1 N–H and O–H groups in total. The molecular weight excluding hydrogens is 282 g/mol. The summed E-state index contributed by atoms with van der Waals surface area (Å²) in [6.45, 7) is 3.54. The van der Waals surface area contributed by atoms with E-state index in [9.17, 15) is 9.59 Å². The number of aryl methyl sites for hydroxylation is 2. The summed E-state index contributed by atoms with van der Waals surface area (Å²) < 4.78 is 9.89. The van der Waals surface area contributed by atoms with Gasteiger partial charge in [-0.3, -0.25) is 4.79 Å². The summed E-state index contributed by atoms with van der Waals surface area (Å²) in [4.78, 5) is 23.3. The van der Waals surface area contributed by atoms with E-state index in [1.807, 2.05) is 6.07 Å². The van der Waals surface area contributed by atoms with Crippen molar-refractivity contribution in [1.29, 1.82) is 0 Å². The molecule has 0 spiro atoms. The molecule has 22 heavy (non-hydrogen) atoms. The summed E-state index contributed by atoms with van der Waals surface area (Å²) in [5.41, 5.74) is 1.92. The number of ether oxygens (including phenoxy) is 1. The van der Waals surface area contributed by atoms with Crippen LogP contribution in [0, 0.1) is 13.8 Å². The lowest BCUT2D eigenvalue weighted by atomic mass is 10.1. The van der Waals surface area contributed by atoms with Crippen LogP contribution in [0.5, 0.6) is 0 Å². The average molecular weight is 299 g/mol. The highest BCUT2D eigenvalue weighted by atomic mass is 16.5. The van der Waals surface area contributed by atoms with E-state index in [0.717, 1.165) is 5.56 Å². The first kappa shape index (κ1) is 15.6. The molecule has 1 aromatic carbocycles. The molecule has 0 aliphatic heterocycles. The van der Waals surface area contributed by atoms with Gasteiger partial charge in [-0.2, -0.15) is 0 Å². The number of esters is 1. The van der Waals surface area contributed by atoms with Crippen LogP contribution in [0.4, 0.5) is 5.69 Å². The zero-order valence-corrected chi connectivity index (χ0v) is 12.7. The van der Waals surface area contributed by atoms with Crippen LogP contribution in [0.3, 0.4) is 0 Å². The number of carbonyl (C=O) groups excluding carboxylic acids is 2. The fourth-order valence-electron chi connectivity index (χ4n) is 2.01. The van der Waals surface area contributed by atoms with Crippen molar-refractivity contribution in [3.8, 4) is 0 Å². The molecule has 5 heteroatoms. The molecule has 0 saturated heterocycles. The maximum absolute atomic E-state index is 12.2. The smallest absolute Gasteiger partial charge is 0.330 e. The Labute approximate surface area is 128 Å². The molecule has 1 amide bonds. The first-order chi connectivity index (χ1) is 10.5. The van der Waals surface area contributed by atoms with Gasteiger partial charge in [-0.15, -0.1) is 0 Å². The average Bonchev–Trinajstić information content (AvgIpc) is 2.84. The summed E-state index contributed by atoms with van der Waals surface area (Å²) in [6.07, 6.45) is 2.94. The fraction of sp³-hybridized carbons (Fsp3) is 0.176. The van der Waals surface area contributed by atoms with Crippen molar-refractivity contribution >= 4 is 23.6 Å². The second-order valence-electron chi connectivity index (χ2n) is 4.76. The molecule has 0 aliphatic carbocycles. The van der Waals surface area contributed by atoms with Crippen LogP contribution in [0.1, 0.15) is 27.4 Å². The molecule has 0 atom stereocenters. The van der Waals surface area contributed by atoms with Crippen LogP contribution in [0.25, 0.3) is 6.08 Å². The normalized spacial score (nSPS) is 10.7. The number of amides is 1. The highest BCUT2D eigenvalue weighted by molar-refractivity contribution is 6.05. The van der Waals surface area contributed by atoms with Crippen molar-refractivity contribution in [2.24, 2.45) is 0 Å². The Morgan fingerprint density at radius 3 is 2.64 bits per heavy atom. The lowest BCUT2D eigenvalue weighted by molar-refractivity contribution is -0.134. The maximum atomic E-state index is 12.2. The molecule has 1 heterocycles. The molecule has 0 fully saturated rings. The standard InChI is InChI=1S/C17H17NO4/c1-11-9-15(12(2)22-11)17(20)18-14-6-4-5-13(10-14)7-8-16(19)21-3/h4-10H,1-3H3,(H,18,20). The van der Waals surface area contributed by atoms with Crippen LogP contribution in [0.15, 0.2) is 40.8 Å². The minimum atomic E-state index is -0.432. The number of benzene rings is 1. The Morgan fingerprint density at radius 1 is 1.23 bits per heavy atom. The van der Waals surface area contributed by atoms with Gasteiger partial charge in [-0.1, -0.05) is 12.1 Å². The van der Waals surface area contributed by atoms with Crippen molar-refractivity contribution in [2.45, 2.75) is 13.8 Å². The van der Waals surface area contributed by atoms with E-state index in [-0.39, 0.29) is 5.91 Å². The Morgan fingerprint density at radius 2 is 2.00 bits per heavy atom. The lowest BCUT2D eigenvalue weighted by Gasteiger charge is -2.05. The molecule has 2 aromatic rings. The number of nitrogens with one attached hydrogen (secondary N) is 1. The number of hydrogen-bond donors (Lipinski definition) is 1. The quantitative estimate of drug-likeness (QED) is 0.694. The highest BCUT2D eigenvalue weighted by Gasteiger charge is 2.13. The van der Waals surface area contributed by atoms with E-state index in [4.69, 9.17) is 4.42 Å². The Kier molecular flexibility index (Phi) is 4.78. The third-order valence-electron chi connectivity index (χ3n) is 3.04. The maximum Gasteiger partial charge on any atom is 0.330 e. The van der Waals surface area contributed by atoms with Crippen molar-refractivity contribution in [3.05, 3.63) is 59.1 Å². The topological polar surface area (TPSA) is 68.5 Å². The van der Waals surface area contributed by atoms with Crippen molar-refractivity contribution in [1.82, 2.24) is 0 Å². The predicted octanol–water partition coefficient (Wildman–Crippen LogP) is 3.33. The van der Waals surface area contributed by atoms with Crippen LogP contribution >= 0.6 is 0 Å². The molecule has 5 nitrogen and oxygen atoms in total. The summed E-state index contributed by atoms with van der Waals surface area (Å²) in [5.74, 6) is 0.608. The van der Waals surface area contributed by atoms with E-state index in [0.29, 0.717) is 22.8 Å². The molecule has 0 radical (unpaired) electrons. The second-order valence-corrected chi connectivity index (χ2v) is 4.76. The third-order valence-corrected chi connectivity index (χ3v) is 3.04. The molecule has 1 aromatic heterocycles. The second kappa shape index (κ2) is 6.76. The van der Waals surface area contributed by atoms with Crippen molar-refractivity contribution in [3.63, 3.8) is 0 Å². The zero-order chi connectivity index (χ0) is 16.1. The van der Waals surface area contributed by atoms with Crippen molar-refractivity contribution in [2.75, 3.05) is 12.4 Å². The summed E-state index contributed by atoms with van der Waals surface area (Å²) >= 11 is 0. The molecular formula is C17H17NO4. The van der Waals surface area contributed by atoms with Crippen LogP contribution in [0.2, 0.25) is 0 Å². The number of rotatable bonds is 4. The van der Waals surface area contributed by atoms with Gasteiger partial charge in [0.15, 0.2) is 0 Å². The fourth-order valence-corrected chi connectivity index (χ4v) is 2.01. The molecule has 0 saturated carbocycles. The summed E-state index contributed by atoms with van der Waals surface area (Å²) in [6, 6.07) is 8.85. The van der Waals surface area contributed by atoms with Crippen LogP contribution in [-0.4, -0.2) is 19.0 Å². The number of anilines is 1. The lowest BCUT2D eigenvalue weighted by Crippen LogP contribution is -2.12. The summed E-state index contributed by atoms with van der Waals surface area (Å²) in [7, 11) is 1.32. The number of furan rings is 1. The first-order valence-corrected chi connectivity index (χ1v) is 6.74. The number of methoxy groups -OCH3 is 1. The molecule has 0 aliphatic rings. The van der Waals surface area contributed by atoms with Gasteiger partial charge >= 0.3 is 5.97 Å². The third kappa shape index (κ3) is 3.85. The number of hydrogen-bond acceptors (Lipinski definition) is 4. The van der Waals surface area contributed by atoms with Crippen LogP contribution in [-0.2, 0) is 9.53 Å².